The number of hydrogen-bond donors (Lipinski definition) is 6. The first-order chi connectivity index (χ1) is 19.9. The Morgan fingerprint density at radius 1 is 1.33 bits per heavy atom. The van der Waals surface area contributed by atoms with Crippen LogP contribution in [0.25, 0.3) is 10.2 Å². The lowest BCUT2D eigenvalue weighted by molar-refractivity contribution is -0.152. The van der Waals surface area contributed by atoms with E-state index in [1.165, 1.54) is 23.6 Å². The van der Waals surface area contributed by atoms with Crippen LogP contribution in [0.5, 0.6) is 5.75 Å². The molecule has 1 unspecified atom stereocenters. The number of aromatic nitrogens is 2. The number of thiazole rings is 2. The number of carboxylic acids is 1. The van der Waals surface area contributed by atoms with E-state index >= 15 is 0 Å². The van der Waals surface area contributed by atoms with Crippen molar-refractivity contribution in [1.29, 1.82) is 0 Å². The van der Waals surface area contributed by atoms with Crippen molar-refractivity contribution >= 4 is 77.0 Å². The van der Waals surface area contributed by atoms with E-state index in [0.29, 0.717) is 11.8 Å². The smallest absolute Gasteiger partial charge is 0.362 e. The van der Waals surface area contributed by atoms with E-state index in [0.717, 1.165) is 39.8 Å². The maximum Gasteiger partial charge on any atom is 0.362 e. The summed E-state index contributed by atoms with van der Waals surface area (Å²) in [5, 5.41) is 24.3. The Morgan fingerprint density at radius 2 is 2.10 bits per heavy atom. The van der Waals surface area contributed by atoms with Crippen LogP contribution in [0, 0.1) is 0 Å². The third-order valence-corrected chi connectivity index (χ3v) is 8.90. The summed E-state index contributed by atoms with van der Waals surface area (Å²) >= 11 is 2.39. The molecule has 0 radical (unpaired) electrons. The fourth-order valence-electron chi connectivity index (χ4n) is 3.97. The summed E-state index contributed by atoms with van der Waals surface area (Å²) in [5.41, 5.74) is 5.80. The van der Waals surface area contributed by atoms with Gasteiger partial charge < -0.3 is 36.4 Å². The number of carbonyl (C=O) groups excluding carboxylic acids is 2. The molecule has 0 bridgehead atoms. The van der Waals surface area contributed by atoms with Crippen LogP contribution in [0.15, 0.2) is 28.7 Å². The molecule has 1 aromatic carbocycles. The van der Waals surface area contributed by atoms with Crippen molar-refractivity contribution in [3.05, 3.63) is 29.3 Å². The number of hydrogen-bond acceptors (Lipinski definition) is 15. The molecule has 0 spiro atoms. The van der Waals surface area contributed by atoms with Crippen LogP contribution in [-0.2, 0) is 29.5 Å². The lowest BCUT2D eigenvalue weighted by Crippen LogP contribution is -2.71. The first-order valence-corrected chi connectivity index (χ1v) is 15.3. The van der Waals surface area contributed by atoms with Crippen LogP contribution < -0.4 is 26.4 Å². The van der Waals surface area contributed by atoms with Gasteiger partial charge in [-0.25, -0.2) is 19.1 Å². The van der Waals surface area contributed by atoms with Gasteiger partial charge in [0.15, 0.2) is 16.0 Å². The zero-order valence-electron chi connectivity index (χ0n) is 21.6. The molecule has 0 saturated carbocycles. The van der Waals surface area contributed by atoms with Crippen LogP contribution in [-0.4, -0.2) is 99.8 Å². The van der Waals surface area contributed by atoms with Gasteiger partial charge in [-0.15, -0.1) is 11.3 Å². The Balaban J connectivity index is 1.27. The number of oxime groups is 1. The molecule has 42 heavy (non-hydrogen) atoms. The SMILES string of the molecule is C[C@H]1[C@H](NC(=O)C(=NOC(COc2ccc3nc(NC4CNC4)sc3c2)C(=O)O)c2csc(N)n2)C(=O)N1S(=O)(=O)O. The van der Waals surface area contributed by atoms with Crippen LogP contribution in [0.1, 0.15) is 12.6 Å². The molecule has 224 valence electrons. The number of ether oxygens (including phenoxy) is 1. The number of amides is 2. The lowest BCUT2D eigenvalue weighted by atomic mass is 10.0. The molecular weight excluding hydrogens is 616 g/mol. The van der Waals surface area contributed by atoms with E-state index in [1.807, 2.05) is 0 Å². The first-order valence-electron chi connectivity index (χ1n) is 12.2. The van der Waals surface area contributed by atoms with Gasteiger partial charge in [-0.05, 0) is 25.1 Å². The summed E-state index contributed by atoms with van der Waals surface area (Å²) in [6, 6.07) is 2.97. The van der Waals surface area contributed by atoms with Gasteiger partial charge in [0.2, 0.25) is 0 Å². The molecule has 5 rings (SSSR count). The van der Waals surface area contributed by atoms with Gasteiger partial charge in [-0.2, -0.15) is 8.42 Å². The van der Waals surface area contributed by atoms with E-state index in [2.05, 4.69) is 31.1 Å². The number of fused-ring (bicyclic) bond motifs is 1. The first kappa shape index (κ1) is 29.4. The molecule has 4 heterocycles. The predicted molar refractivity (Wildman–Crippen MR) is 151 cm³/mol. The zero-order valence-corrected chi connectivity index (χ0v) is 24.0. The Hall–Kier alpha value is -4.11. The third-order valence-electron chi connectivity index (χ3n) is 6.27. The van der Waals surface area contributed by atoms with Crippen LogP contribution in [0.3, 0.4) is 0 Å². The minimum absolute atomic E-state index is 0.0652. The molecule has 7 N–H and O–H groups in total. The second-order valence-corrected chi connectivity index (χ2v) is 12.4. The Kier molecular flexibility index (Phi) is 8.14. The number of nitrogens with zero attached hydrogens (tertiary/aromatic N) is 4. The molecule has 0 aliphatic carbocycles. The summed E-state index contributed by atoms with van der Waals surface area (Å²) < 4.78 is 38.5. The highest BCUT2D eigenvalue weighted by atomic mass is 32.2. The normalized spacial score (nSPS) is 20.0. The Labute approximate surface area is 245 Å². The highest BCUT2D eigenvalue weighted by Crippen LogP contribution is 2.30. The van der Waals surface area contributed by atoms with E-state index in [4.69, 9.17) is 19.9 Å². The molecule has 2 aliphatic heterocycles. The summed E-state index contributed by atoms with van der Waals surface area (Å²) in [6.07, 6.45) is -1.66. The Bertz CT molecular complexity index is 1670. The summed E-state index contributed by atoms with van der Waals surface area (Å²) in [4.78, 5) is 50.7. The van der Waals surface area contributed by atoms with Crippen molar-refractivity contribution in [3.8, 4) is 5.75 Å². The van der Waals surface area contributed by atoms with Crippen molar-refractivity contribution in [3.63, 3.8) is 0 Å². The van der Waals surface area contributed by atoms with Gasteiger partial charge in [0.05, 0.1) is 22.3 Å². The molecule has 2 aromatic heterocycles. The maximum atomic E-state index is 13.0. The molecule has 2 amide bonds. The van der Waals surface area contributed by atoms with Gasteiger partial charge in [0.25, 0.3) is 17.9 Å². The van der Waals surface area contributed by atoms with Crippen molar-refractivity contribution in [2.24, 2.45) is 5.16 Å². The van der Waals surface area contributed by atoms with Gasteiger partial charge in [0, 0.05) is 18.5 Å². The molecule has 17 nitrogen and oxygen atoms in total. The van der Waals surface area contributed by atoms with E-state index in [-0.39, 0.29) is 15.1 Å². The molecule has 3 aromatic rings. The molecule has 3 atom stereocenters. The molecule has 2 fully saturated rings. The summed E-state index contributed by atoms with van der Waals surface area (Å²) in [5.74, 6) is -3.19. The average Bonchev–Trinajstić information content (AvgIpc) is 3.51. The van der Waals surface area contributed by atoms with Crippen molar-refractivity contribution < 1.29 is 42.0 Å². The second kappa shape index (κ2) is 11.6. The van der Waals surface area contributed by atoms with E-state index in [9.17, 15) is 27.9 Å². The number of carboxylic acid groups (broad SMARTS) is 1. The predicted octanol–water partition coefficient (Wildman–Crippen LogP) is -0.510. The number of carbonyl (C=O) groups is 3. The summed E-state index contributed by atoms with van der Waals surface area (Å²) in [6.45, 7) is 2.51. The molecule has 2 aliphatic rings. The number of β-lactam (4-membered cyclic amide) rings is 1. The van der Waals surface area contributed by atoms with Crippen LogP contribution in [0.2, 0.25) is 0 Å². The number of anilines is 2. The number of aliphatic carboxylic acids is 1. The number of rotatable bonds is 12. The molecule has 2 saturated heterocycles. The van der Waals surface area contributed by atoms with Crippen molar-refractivity contribution in [2.45, 2.75) is 31.2 Å². The van der Waals surface area contributed by atoms with Gasteiger partial charge in [-0.3, -0.25) is 14.1 Å². The topological polar surface area (TPSA) is 248 Å². The minimum atomic E-state index is -4.81. The number of nitrogens with two attached hydrogens (primary N) is 1. The zero-order chi connectivity index (χ0) is 30.2. The van der Waals surface area contributed by atoms with Gasteiger partial charge >= 0.3 is 16.3 Å². The average molecular weight is 641 g/mol. The molecular formula is C22H24N8O9S3. The maximum absolute atomic E-state index is 13.0. The van der Waals surface area contributed by atoms with Gasteiger partial charge in [0.1, 0.15) is 24.1 Å². The van der Waals surface area contributed by atoms with Crippen molar-refractivity contribution in [2.75, 3.05) is 30.7 Å². The lowest BCUT2D eigenvalue weighted by Gasteiger charge is -2.42. The highest BCUT2D eigenvalue weighted by molar-refractivity contribution is 7.84. The van der Waals surface area contributed by atoms with Crippen LogP contribution in [0.4, 0.5) is 10.3 Å². The van der Waals surface area contributed by atoms with Gasteiger partial charge in [-0.1, -0.05) is 16.5 Å². The van der Waals surface area contributed by atoms with Crippen molar-refractivity contribution in [1.82, 2.24) is 24.9 Å². The molecule has 20 heteroatoms. The van der Waals surface area contributed by atoms with E-state index in [1.54, 1.807) is 18.2 Å². The number of nitrogen functional groups attached to an aromatic ring is 1. The third kappa shape index (κ3) is 6.21. The number of nitrogens with one attached hydrogen (secondary N) is 3. The number of benzene rings is 1. The minimum Gasteiger partial charge on any atom is -0.489 e. The van der Waals surface area contributed by atoms with E-state index < -0.39 is 58.6 Å². The summed E-state index contributed by atoms with van der Waals surface area (Å²) in [7, 11) is -4.81. The van der Waals surface area contributed by atoms with Crippen LogP contribution >= 0.6 is 22.7 Å². The highest BCUT2D eigenvalue weighted by Gasteiger charge is 2.51. The standard InChI is InChI=1S/C22H24N8O9S3/c1-9-16(19(32)30(9)42(35,36)37)28-18(31)17(13-8-40-21(23)26-13)29-39-14(20(33)34)7-38-11-2-3-12-15(4-11)41-22(27-12)25-10-5-24-6-10/h2-4,8-10,14,16,24H,5-7H2,1H3,(H2,23,26)(H,25,27)(H,28,31)(H,33,34)(H,35,36,37)/t9-,14?,16-/m0/s1. The fraction of sp³-hybridized carbons (Fsp3) is 0.364. The second-order valence-electron chi connectivity index (χ2n) is 9.21. The quantitative estimate of drug-likeness (QED) is 0.0632. The largest absolute Gasteiger partial charge is 0.489 e. The monoisotopic (exact) mass is 640 g/mol. The Morgan fingerprint density at radius 3 is 2.69 bits per heavy atom. The fourth-order valence-corrected chi connectivity index (χ4v) is 6.37.